The van der Waals surface area contributed by atoms with Crippen LogP contribution in [0.3, 0.4) is 0 Å². The highest BCUT2D eigenvalue weighted by Crippen LogP contribution is 2.25. The van der Waals surface area contributed by atoms with Gasteiger partial charge in [-0.15, -0.1) is 0 Å². The molecular weight excluding hydrogens is 234 g/mol. The Bertz CT molecular complexity index is 595. The van der Waals surface area contributed by atoms with Crippen LogP contribution in [0.2, 0.25) is 0 Å². The topological polar surface area (TPSA) is 70.6 Å². The molecule has 0 spiro atoms. The fraction of sp³-hybridized carbons (Fsp3) is 0. The Morgan fingerprint density at radius 2 is 2.06 bits per heavy atom. The van der Waals surface area contributed by atoms with Gasteiger partial charge in [-0.25, -0.2) is 0 Å². The van der Waals surface area contributed by atoms with Gasteiger partial charge in [0.1, 0.15) is 5.75 Å². The van der Waals surface area contributed by atoms with Crippen LogP contribution in [-0.2, 0) is 0 Å². The highest BCUT2D eigenvalue weighted by Gasteiger charge is 2.03. The van der Waals surface area contributed by atoms with Gasteiger partial charge in [0.05, 0.1) is 6.21 Å². The molecule has 0 aromatic heterocycles. The summed E-state index contributed by atoms with van der Waals surface area (Å²) in [6.07, 6.45) is 1.50. The van der Waals surface area contributed by atoms with Gasteiger partial charge in [-0.1, -0.05) is 30.3 Å². The van der Waals surface area contributed by atoms with Crippen molar-refractivity contribution in [1.29, 1.82) is 0 Å². The van der Waals surface area contributed by atoms with E-state index in [1.165, 1.54) is 6.21 Å². The maximum Gasteiger partial charge on any atom is 0.184 e. The van der Waals surface area contributed by atoms with Crippen LogP contribution in [0.25, 0.3) is 10.8 Å². The van der Waals surface area contributed by atoms with E-state index in [4.69, 9.17) is 5.73 Å². The second-order valence-corrected chi connectivity index (χ2v) is 3.89. The van der Waals surface area contributed by atoms with Gasteiger partial charge in [0.15, 0.2) is 5.11 Å². The lowest BCUT2D eigenvalue weighted by atomic mass is 10.0. The van der Waals surface area contributed by atoms with Crippen LogP contribution in [0.4, 0.5) is 0 Å². The van der Waals surface area contributed by atoms with E-state index in [1.54, 1.807) is 6.07 Å². The first-order chi connectivity index (χ1) is 8.18. The molecular formula is C12H11N3OS. The first-order valence-electron chi connectivity index (χ1n) is 4.97. The predicted molar refractivity (Wildman–Crippen MR) is 73.1 cm³/mol. The summed E-state index contributed by atoms with van der Waals surface area (Å²) in [6.45, 7) is 0. The van der Waals surface area contributed by atoms with Crippen LogP contribution >= 0.6 is 12.2 Å². The normalized spacial score (nSPS) is 10.8. The van der Waals surface area contributed by atoms with Crippen molar-refractivity contribution < 1.29 is 5.11 Å². The largest absolute Gasteiger partial charge is 0.507 e. The van der Waals surface area contributed by atoms with Gasteiger partial charge in [-0.3, -0.25) is 5.43 Å². The summed E-state index contributed by atoms with van der Waals surface area (Å²) in [6, 6.07) is 11.2. The molecule has 0 heterocycles. The molecule has 0 saturated heterocycles. The third kappa shape index (κ3) is 2.51. The summed E-state index contributed by atoms with van der Waals surface area (Å²) in [4.78, 5) is 0. The minimum atomic E-state index is 0.0842. The van der Waals surface area contributed by atoms with E-state index in [0.717, 1.165) is 10.8 Å². The number of rotatable bonds is 2. The minimum absolute atomic E-state index is 0.0842. The average molecular weight is 245 g/mol. The van der Waals surface area contributed by atoms with Crippen molar-refractivity contribution >= 4 is 34.3 Å². The van der Waals surface area contributed by atoms with E-state index in [0.29, 0.717) is 5.56 Å². The number of thiocarbonyl (C=S) groups is 1. The van der Waals surface area contributed by atoms with Gasteiger partial charge in [0, 0.05) is 5.56 Å². The molecule has 2 rings (SSSR count). The lowest BCUT2D eigenvalue weighted by Crippen LogP contribution is -2.24. The molecule has 17 heavy (non-hydrogen) atoms. The van der Waals surface area contributed by atoms with Gasteiger partial charge in [-0.05, 0) is 29.1 Å². The third-order valence-corrected chi connectivity index (χ3v) is 2.41. The first-order valence-corrected chi connectivity index (χ1v) is 5.38. The molecule has 0 radical (unpaired) electrons. The zero-order chi connectivity index (χ0) is 12.3. The number of fused-ring (bicyclic) bond motifs is 1. The predicted octanol–water partition coefficient (Wildman–Crippen LogP) is 1.71. The maximum atomic E-state index is 9.79. The molecule has 2 aromatic carbocycles. The van der Waals surface area contributed by atoms with Crippen molar-refractivity contribution in [3.63, 3.8) is 0 Å². The van der Waals surface area contributed by atoms with Gasteiger partial charge >= 0.3 is 0 Å². The third-order valence-electron chi connectivity index (χ3n) is 2.32. The second-order valence-electron chi connectivity index (χ2n) is 3.45. The number of hydrogen-bond acceptors (Lipinski definition) is 3. The van der Waals surface area contributed by atoms with Crippen molar-refractivity contribution in [1.82, 2.24) is 5.43 Å². The summed E-state index contributed by atoms with van der Waals surface area (Å²) in [5.74, 6) is 0.164. The first kappa shape index (κ1) is 11.3. The molecule has 5 heteroatoms. The minimum Gasteiger partial charge on any atom is -0.507 e. The maximum absolute atomic E-state index is 9.79. The quantitative estimate of drug-likeness (QED) is 0.428. The Kier molecular flexibility index (Phi) is 3.20. The van der Waals surface area contributed by atoms with E-state index in [1.807, 2.05) is 30.3 Å². The van der Waals surface area contributed by atoms with E-state index in [2.05, 4.69) is 22.7 Å². The molecule has 0 bridgehead atoms. The Labute approximate surface area is 104 Å². The standard InChI is InChI=1S/C12H11N3OS/c13-12(17)15-14-7-10-9-4-2-1-3-8(9)5-6-11(10)16/h1-7,16H,(H3,13,15,17)/b14-7-. The number of phenolic OH excluding ortho intramolecular Hbond substituents is 1. The average Bonchev–Trinajstić information content (AvgIpc) is 2.32. The van der Waals surface area contributed by atoms with Crippen LogP contribution in [0.15, 0.2) is 41.5 Å². The Morgan fingerprint density at radius 3 is 2.82 bits per heavy atom. The Morgan fingerprint density at radius 1 is 1.29 bits per heavy atom. The van der Waals surface area contributed by atoms with Gasteiger partial charge in [0.2, 0.25) is 0 Å². The summed E-state index contributed by atoms with van der Waals surface area (Å²) < 4.78 is 0. The molecule has 0 aliphatic carbocycles. The van der Waals surface area contributed by atoms with Crippen molar-refractivity contribution in [2.24, 2.45) is 10.8 Å². The highest BCUT2D eigenvalue weighted by molar-refractivity contribution is 7.80. The Balaban J connectivity index is 2.47. The molecule has 2 aromatic rings. The molecule has 0 unspecified atom stereocenters. The van der Waals surface area contributed by atoms with Crippen molar-refractivity contribution in [3.05, 3.63) is 42.0 Å². The van der Waals surface area contributed by atoms with E-state index >= 15 is 0 Å². The molecule has 0 fully saturated rings. The van der Waals surface area contributed by atoms with E-state index in [9.17, 15) is 5.11 Å². The summed E-state index contributed by atoms with van der Waals surface area (Å²) in [5.41, 5.74) is 8.34. The van der Waals surface area contributed by atoms with Crippen molar-refractivity contribution in [3.8, 4) is 5.75 Å². The van der Waals surface area contributed by atoms with Crippen LogP contribution in [-0.4, -0.2) is 16.4 Å². The molecule has 4 N–H and O–H groups in total. The molecule has 0 saturated carbocycles. The van der Waals surface area contributed by atoms with Crippen molar-refractivity contribution in [2.75, 3.05) is 0 Å². The number of hydrazone groups is 1. The van der Waals surface area contributed by atoms with Crippen LogP contribution in [0.5, 0.6) is 5.75 Å². The van der Waals surface area contributed by atoms with E-state index < -0.39 is 0 Å². The van der Waals surface area contributed by atoms with Crippen LogP contribution < -0.4 is 11.2 Å². The summed E-state index contributed by atoms with van der Waals surface area (Å²) in [5, 5.41) is 15.7. The molecule has 86 valence electrons. The van der Waals surface area contributed by atoms with Crippen molar-refractivity contribution in [2.45, 2.75) is 0 Å². The number of benzene rings is 2. The number of nitrogens with zero attached hydrogens (tertiary/aromatic N) is 1. The molecule has 0 atom stereocenters. The zero-order valence-corrected chi connectivity index (χ0v) is 9.74. The lowest BCUT2D eigenvalue weighted by Gasteiger charge is -2.04. The van der Waals surface area contributed by atoms with Gasteiger partial charge < -0.3 is 10.8 Å². The highest BCUT2D eigenvalue weighted by atomic mass is 32.1. The van der Waals surface area contributed by atoms with E-state index in [-0.39, 0.29) is 10.9 Å². The molecule has 0 amide bonds. The summed E-state index contributed by atoms with van der Waals surface area (Å²) >= 11 is 4.63. The van der Waals surface area contributed by atoms with Gasteiger partial charge in [-0.2, -0.15) is 5.10 Å². The zero-order valence-electron chi connectivity index (χ0n) is 8.92. The fourth-order valence-corrected chi connectivity index (χ4v) is 1.63. The number of phenols is 1. The SMILES string of the molecule is NC(=S)N/N=C\c1c(O)ccc2ccccc12. The monoisotopic (exact) mass is 245 g/mol. The number of nitrogens with two attached hydrogens (primary N) is 1. The van der Waals surface area contributed by atoms with Gasteiger partial charge in [0.25, 0.3) is 0 Å². The molecule has 0 aliphatic rings. The molecule has 0 aliphatic heterocycles. The number of hydrogen-bond donors (Lipinski definition) is 3. The lowest BCUT2D eigenvalue weighted by molar-refractivity contribution is 0.475. The molecule has 4 nitrogen and oxygen atoms in total. The van der Waals surface area contributed by atoms with Crippen LogP contribution in [0.1, 0.15) is 5.56 Å². The second kappa shape index (κ2) is 4.80. The fourth-order valence-electron chi connectivity index (χ4n) is 1.58. The smallest absolute Gasteiger partial charge is 0.184 e. The number of aromatic hydroxyl groups is 1. The Hall–Kier alpha value is -2.14. The number of nitrogens with one attached hydrogen (secondary N) is 1. The van der Waals surface area contributed by atoms with Crippen LogP contribution in [0, 0.1) is 0 Å². The summed E-state index contributed by atoms with van der Waals surface area (Å²) in [7, 11) is 0.